The fourth-order valence-electron chi connectivity index (χ4n) is 1.79. The molecule has 3 rings (SSSR count). The van der Waals surface area contributed by atoms with Crippen molar-refractivity contribution in [1.82, 2.24) is 5.32 Å². The zero-order chi connectivity index (χ0) is 12.4. The molecule has 0 saturated carbocycles. The van der Waals surface area contributed by atoms with Crippen molar-refractivity contribution in [3.63, 3.8) is 0 Å². The Bertz CT molecular complexity index is 599. The lowest BCUT2D eigenvalue weighted by Gasteiger charge is -2.17. The van der Waals surface area contributed by atoms with Crippen LogP contribution in [0.4, 0.5) is 0 Å². The van der Waals surface area contributed by atoms with Crippen molar-refractivity contribution in [2.24, 2.45) is 0 Å². The highest BCUT2D eigenvalue weighted by Gasteiger charge is 2.15. The largest absolute Gasteiger partial charge is 0.459 e. The molecule has 2 aromatic rings. The van der Waals surface area contributed by atoms with Gasteiger partial charge in [-0.05, 0) is 36.3 Å². The van der Waals surface area contributed by atoms with Crippen molar-refractivity contribution in [3.8, 4) is 5.75 Å². The van der Waals surface area contributed by atoms with E-state index in [-0.39, 0.29) is 11.7 Å². The summed E-state index contributed by atoms with van der Waals surface area (Å²) in [6, 6.07) is 11.0. The van der Waals surface area contributed by atoms with E-state index in [4.69, 9.17) is 9.15 Å². The summed E-state index contributed by atoms with van der Waals surface area (Å²) >= 11 is 0. The number of allylic oxidation sites excluding steroid dienone is 1. The zero-order valence-corrected chi connectivity index (χ0v) is 9.55. The quantitative estimate of drug-likeness (QED) is 0.878. The Balaban J connectivity index is 1.73. The van der Waals surface area contributed by atoms with Crippen LogP contribution in [0.15, 0.2) is 59.0 Å². The van der Waals surface area contributed by atoms with Gasteiger partial charge in [0.2, 0.25) is 0 Å². The SMILES string of the molecule is O=C(NC1=CCc2ccccc2O1)c1ccco1. The van der Waals surface area contributed by atoms with Crippen LogP contribution < -0.4 is 10.1 Å². The third-order valence-electron chi connectivity index (χ3n) is 2.68. The van der Waals surface area contributed by atoms with Gasteiger partial charge in [0, 0.05) is 0 Å². The van der Waals surface area contributed by atoms with Crippen LogP contribution in [0.3, 0.4) is 0 Å². The number of carbonyl (C=O) groups excluding carboxylic acids is 1. The fourth-order valence-corrected chi connectivity index (χ4v) is 1.79. The van der Waals surface area contributed by atoms with Crippen LogP contribution in [0, 0.1) is 0 Å². The maximum absolute atomic E-state index is 11.8. The van der Waals surface area contributed by atoms with Gasteiger partial charge in [0.1, 0.15) is 5.75 Å². The molecule has 0 aliphatic carbocycles. The lowest BCUT2D eigenvalue weighted by Crippen LogP contribution is -2.27. The average Bonchev–Trinajstić information content (AvgIpc) is 2.92. The molecule has 1 aliphatic rings. The van der Waals surface area contributed by atoms with E-state index in [1.165, 1.54) is 6.26 Å². The van der Waals surface area contributed by atoms with Crippen LogP contribution in [-0.2, 0) is 6.42 Å². The first-order valence-electron chi connectivity index (χ1n) is 5.64. The summed E-state index contributed by atoms with van der Waals surface area (Å²) in [7, 11) is 0. The molecule has 1 aromatic heterocycles. The molecule has 1 amide bonds. The number of nitrogens with one attached hydrogen (secondary N) is 1. The first-order chi connectivity index (χ1) is 8.83. The molecule has 18 heavy (non-hydrogen) atoms. The van der Waals surface area contributed by atoms with Gasteiger partial charge in [-0.2, -0.15) is 0 Å². The minimum absolute atomic E-state index is 0.262. The smallest absolute Gasteiger partial charge is 0.293 e. The van der Waals surface area contributed by atoms with Gasteiger partial charge in [-0.1, -0.05) is 18.2 Å². The predicted octanol–water partition coefficient (Wildman–Crippen LogP) is 2.49. The van der Waals surface area contributed by atoms with Gasteiger partial charge in [0.15, 0.2) is 11.6 Å². The summed E-state index contributed by atoms with van der Waals surface area (Å²) in [6.07, 6.45) is 4.04. The number of carbonyl (C=O) groups is 1. The highest BCUT2D eigenvalue weighted by atomic mass is 16.5. The van der Waals surface area contributed by atoms with Crippen molar-refractivity contribution in [2.75, 3.05) is 0 Å². The number of fused-ring (bicyclic) bond motifs is 1. The molecule has 0 atom stereocenters. The van der Waals surface area contributed by atoms with Crippen LogP contribution >= 0.6 is 0 Å². The minimum atomic E-state index is -0.314. The van der Waals surface area contributed by atoms with E-state index < -0.39 is 0 Å². The van der Waals surface area contributed by atoms with Gasteiger partial charge >= 0.3 is 0 Å². The molecule has 1 aliphatic heterocycles. The van der Waals surface area contributed by atoms with Crippen molar-refractivity contribution >= 4 is 5.91 Å². The van der Waals surface area contributed by atoms with Crippen LogP contribution in [0.25, 0.3) is 0 Å². The molecule has 0 spiro atoms. The maximum Gasteiger partial charge on any atom is 0.293 e. The molecule has 0 saturated heterocycles. The molecule has 0 radical (unpaired) electrons. The van der Waals surface area contributed by atoms with Crippen LogP contribution in [0.1, 0.15) is 16.1 Å². The van der Waals surface area contributed by atoms with Gasteiger partial charge in [0.05, 0.1) is 6.26 Å². The Morgan fingerprint density at radius 2 is 2.06 bits per heavy atom. The van der Waals surface area contributed by atoms with Gasteiger partial charge in [-0.15, -0.1) is 0 Å². The molecular formula is C14H11NO3. The van der Waals surface area contributed by atoms with E-state index >= 15 is 0 Å². The van der Waals surface area contributed by atoms with E-state index in [2.05, 4.69) is 5.32 Å². The Labute approximate surface area is 104 Å². The number of ether oxygens (including phenoxy) is 1. The molecule has 2 heterocycles. The summed E-state index contributed by atoms with van der Waals surface area (Å²) in [5.41, 5.74) is 1.11. The van der Waals surface area contributed by atoms with E-state index in [1.54, 1.807) is 12.1 Å². The molecule has 4 heteroatoms. The fraction of sp³-hybridized carbons (Fsp3) is 0.0714. The Hall–Kier alpha value is -2.49. The molecule has 4 nitrogen and oxygen atoms in total. The maximum atomic E-state index is 11.8. The highest BCUT2D eigenvalue weighted by Crippen LogP contribution is 2.24. The number of hydrogen-bond acceptors (Lipinski definition) is 3. The third-order valence-corrected chi connectivity index (χ3v) is 2.68. The lowest BCUT2D eigenvalue weighted by molar-refractivity contribution is 0.0921. The number of furan rings is 1. The molecule has 0 fully saturated rings. The van der Waals surface area contributed by atoms with Gasteiger partial charge in [-0.25, -0.2) is 0 Å². The number of hydrogen-bond donors (Lipinski definition) is 1. The zero-order valence-electron chi connectivity index (χ0n) is 9.55. The standard InChI is InChI=1S/C14H11NO3/c16-14(12-6-3-9-17-12)15-13-8-7-10-4-1-2-5-11(10)18-13/h1-6,8-9H,7H2,(H,15,16). The number of benzene rings is 1. The van der Waals surface area contributed by atoms with Crippen molar-refractivity contribution in [2.45, 2.75) is 6.42 Å². The summed E-state index contributed by atoms with van der Waals surface area (Å²) < 4.78 is 10.6. The summed E-state index contributed by atoms with van der Waals surface area (Å²) in [4.78, 5) is 11.8. The highest BCUT2D eigenvalue weighted by molar-refractivity contribution is 5.92. The second kappa shape index (κ2) is 4.41. The molecule has 90 valence electrons. The second-order valence-electron chi connectivity index (χ2n) is 3.91. The van der Waals surface area contributed by atoms with E-state index in [0.717, 1.165) is 17.7 Å². The van der Waals surface area contributed by atoms with Crippen LogP contribution in [0.2, 0.25) is 0 Å². The van der Waals surface area contributed by atoms with Gasteiger partial charge in [0.25, 0.3) is 5.91 Å². The first-order valence-corrected chi connectivity index (χ1v) is 5.64. The molecule has 1 aromatic carbocycles. The number of amides is 1. The van der Waals surface area contributed by atoms with E-state index in [9.17, 15) is 4.79 Å². The Kier molecular flexibility index (Phi) is 2.61. The van der Waals surface area contributed by atoms with E-state index in [1.807, 2.05) is 30.3 Å². The molecular weight excluding hydrogens is 230 g/mol. The number of para-hydroxylation sites is 1. The van der Waals surface area contributed by atoms with Crippen molar-refractivity contribution in [3.05, 3.63) is 65.9 Å². The monoisotopic (exact) mass is 241 g/mol. The Morgan fingerprint density at radius 3 is 2.89 bits per heavy atom. The normalized spacial score (nSPS) is 13.2. The van der Waals surface area contributed by atoms with Gasteiger partial charge < -0.3 is 9.15 Å². The molecule has 1 N–H and O–H groups in total. The van der Waals surface area contributed by atoms with Gasteiger partial charge in [-0.3, -0.25) is 10.1 Å². The van der Waals surface area contributed by atoms with Crippen LogP contribution in [0.5, 0.6) is 5.75 Å². The van der Waals surface area contributed by atoms with Crippen molar-refractivity contribution in [1.29, 1.82) is 0 Å². The first kappa shape index (κ1) is 10.7. The number of rotatable bonds is 2. The third kappa shape index (κ3) is 2.00. The second-order valence-corrected chi connectivity index (χ2v) is 3.91. The molecule has 0 unspecified atom stereocenters. The predicted molar refractivity (Wildman–Crippen MR) is 65.0 cm³/mol. The van der Waals surface area contributed by atoms with Crippen molar-refractivity contribution < 1.29 is 13.9 Å². The minimum Gasteiger partial charge on any atom is -0.459 e. The summed E-state index contributed by atoms with van der Waals surface area (Å²) in [5.74, 6) is 1.16. The summed E-state index contributed by atoms with van der Waals surface area (Å²) in [6.45, 7) is 0. The molecule has 0 bridgehead atoms. The van der Waals surface area contributed by atoms with E-state index in [0.29, 0.717) is 5.88 Å². The lowest BCUT2D eigenvalue weighted by atomic mass is 10.1. The average molecular weight is 241 g/mol. The topological polar surface area (TPSA) is 51.5 Å². The Morgan fingerprint density at radius 1 is 1.17 bits per heavy atom. The summed E-state index contributed by atoms with van der Waals surface area (Å²) in [5, 5.41) is 2.67. The van der Waals surface area contributed by atoms with Crippen LogP contribution in [-0.4, -0.2) is 5.91 Å².